The number of nitro benzene ring substituents is 1. The lowest BCUT2D eigenvalue weighted by Gasteiger charge is -2.21. The number of amides is 1. The summed E-state index contributed by atoms with van der Waals surface area (Å²) in [4.78, 5) is 24.5. The minimum absolute atomic E-state index is 0.0940. The number of rotatable bonds is 3. The van der Waals surface area contributed by atoms with Crippen LogP contribution < -0.4 is 0 Å². The SMILES string of the molecule is Cc1ccc(C(=O)N2CCCN(S(C)(=O)=O)CC2)cc1[N+](=O)[O-]. The van der Waals surface area contributed by atoms with E-state index in [0.29, 0.717) is 25.1 Å². The van der Waals surface area contributed by atoms with Gasteiger partial charge in [0.25, 0.3) is 11.6 Å². The number of sulfonamides is 1. The van der Waals surface area contributed by atoms with Gasteiger partial charge in [0.1, 0.15) is 0 Å². The number of hydrogen-bond donors (Lipinski definition) is 0. The van der Waals surface area contributed by atoms with E-state index in [4.69, 9.17) is 0 Å². The number of nitro groups is 1. The molecule has 126 valence electrons. The molecule has 23 heavy (non-hydrogen) atoms. The average Bonchev–Trinajstić information content (AvgIpc) is 2.72. The van der Waals surface area contributed by atoms with Gasteiger partial charge >= 0.3 is 0 Å². The van der Waals surface area contributed by atoms with Crippen LogP contribution in [0.25, 0.3) is 0 Å². The Bertz CT molecular complexity index is 732. The van der Waals surface area contributed by atoms with E-state index in [0.717, 1.165) is 6.26 Å². The lowest BCUT2D eigenvalue weighted by Crippen LogP contribution is -2.37. The monoisotopic (exact) mass is 341 g/mol. The van der Waals surface area contributed by atoms with E-state index in [9.17, 15) is 23.3 Å². The number of nitrogens with zero attached hydrogens (tertiary/aromatic N) is 3. The lowest BCUT2D eigenvalue weighted by atomic mass is 10.1. The first-order valence-corrected chi connectivity index (χ1v) is 9.04. The minimum Gasteiger partial charge on any atom is -0.337 e. The standard InChI is InChI=1S/C14H19N3O5S/c1-11-4-5-12(10-13(11)17(19)20)14(18)15-6-3-7-16(9-8-15)23(2,21)22/h4-5,10H,3,6-9H2,1-2H3. The molecule has 1 aliphatic heterocycles. The van der Waals surface area contributed by atoms with Gasteiger partial charge in [-0.15, -0.1) is 0 Å². The van der Waals surface area contributed by atoms with Gasteiger partial charge in [-0.3, -0.25) is 14.9 Å². The number of aryl methyl sites for hydroxylation is 1. The number of carbonyl (C=O) groups excluding carboxylic acids is 1. The van der Waals surface area contributed by atoms with E-state index in [1.54, 1.807) is 24.0 Å². The molecule has 0 radical (unpaired) electrons. The minimum atomic E-state index is -3.28. The van der Waals surface area contributed by atoms with E-state index in [1.807, 2.05) is 0 Å². The third kappa shape index (κ3) is 4.05. The summed E-state index contributed by atoms with van der Waals surface area (Å²) in [5.41, 5.74) is 0.643. The summed E-state index contributed by atoms with van der Waals surface area (Å²) in [6, 6.07) is 4.38. The summed E-state index contributed by atoms with van der Waals surface area (Å²) in [5.74, 6) is -0.316. The Morgan fingerprint density at radius 1 is 1.22 bits per heavy atom. The molecule has 0 spiro atoms. The zero-order valence-electron chi connectivity index (χ0n) is 13.1. The Balaban J connectivity index is 2.18. The van der Waals surface area contributed by atoms with Gasteiger partial charge in [-0.2, -0.15) is 0 Å². The molecular formula is C14H19N3O5S. The fraction of sp³-hybridized carbons (Fsp3) is 0.500. The molecule has 1 heterocycles. The van der Waals surface area contributed by atoms with Crippen molar-refractivity contribution in [3.05, 3.63) is 39.4 Å². The van der Waals surface area contributed by atoms with Crippen LogP contribution in [0.1, 0.15) is 22.3 Å². The first-order chi connectivity index (χ1) is 10.7. The molecule has 8 nitrogen and oxygen atoms in total. The van der Waals surface area contributed by atoms with Crippen molar-refractivity contribution in [2.45, 2.75) is 13.3 Å². The van der Waals surface area contributed by atoms with E-state index < -0.39 is 14.9 Å². The van der Waals surface area contributed by atoms with Crippen molar-refractivity contribution < 1.29 is 18.1 Å². The maximum atomic E-state index is 12.5. The van der Waals surface area contributed by atoms with Crippen molar-refractivity contribution in [2.24, 2.45) is 0 Å². The second-order valence-corrected chi connectivity index (χ2v) is 7.55. The van der Waals surface area contributed by atoms with Crippen LogP contribution in [0.2, 0.25) is 0 Å². The Morgan fingerprint density at radius 3 is 2.52 bits per heavy atom. The van der Waals surface area contributed by atoms with Crippen LogP contribution in [0, 0.1) is 17.0 Å². The van der Waals surface area contributed by atoms with Gasteiger partial charge < -0.3 is 4.90 Å². The van der Waals surface area contributed by atoms with Gasteiger partial charge in [0.05, 0.1) is 11.2 Å². The molecule has 1 aromatic rings. The molecule has 9 heteroatoms. The Labute approximate surface area is 134 Å². The average molecular weight is 341 g/mol. The van der Waals surface area contributed by atoms with Crippen molar-refractivity contribution in [3.63, 3.8) is 0 Å². The maximum absolute atomic E-state index is 12.5. The highest BCUT2D eigenvalue weighted by Crippen LogP contribution is 2.21. The summed E-state index contributed by atoms with van der Waals surface area (Å²) in [6.07, 6.45) is 1.68. The van der Waals surface area contributed by atoms with E-state index in [2.05, 4.69) is 0 Å². The molecule has 0 unspecified atom stereocenters. The maximum Gasteiger partial charge on any atom is 0.273 e. The fourth-order valence-corrected chi connectivity index (χ4v) is 3.42. The molecule has 0 saturated carbocycles. The van der Waals surface area contributed by atoms with Crippen LogP contribution in [0.15, 0.2) is 18.2 Å². The lowest BCUT2D eigenvalue weighted by molar-refractivity contribution is -0.385. The third-order valence-electron chi connectivity index (χ3n) is 3.86. The molecule has 1 saturated heterocycles. The summed E-state index contributed by atoms with van der Waals surface area (Å²) in [5, 5.41) is 11.0. The van der Waals surface area contributed by atoms with E-state index in [1.165, 1.54) is 10.4 Å². The van der Waals surface area contributed by atoms with Crippen LogP contribution >= 0.6 is 0 Å². The number of carbonyl (C=O) groups is 1. The van der Waals surface area contributed by atoms with Crippen molar-refractivity contribution in [1.29, 1.82) is 0 Å². The highest BCUT2D eigenvalue weighted by molar-refractivity contribution is 7.88. The summed E-state index contributed by atoms with van der Waals surface area (Å²) in [7, 11) is -3.28. The fourth-order valence-electron chi connectivity index (χ4n) is 2.55. The van der Waals surface area contributed by atoms with Crippen LogP contribution in [0.4, 0.5) is 5.69 Å². The second-order valence-electron chi connectivity index (χ2n) is 5.57. The molecule has 0 atom stereocenters. The topological polar surface area (TPSA) is 101 Å². The predicted molar refractivity (Wildman–Crippen MR) is 84.8 cm³/mol. The van der Waals surface area contributed by atoms with Crippen LogP contribution in [0.5, 0.6) is 0 Å². The number of benzene rings is 1. The zero-order chi connectivity index (χ0) is 17.2. The summed E-state index contributed by atoms with van der Waals surface area (Å²) < 4.78 is 24.5. The largest absolute Gasteiger partial charge is 0.337 e. The summed E-state index contributed by atoms with van der Waals surface area (Å²) >= 11 is 0. The molecule has 1 aromatic carbocycles. The smallest absolute Gasteiger partial charge is 0.273 e. The van der Waals surface area contributed by atoms with Gasteiger partial charge in [0.15, 0.2) is 0 Å². The first kappa shape index (κ1) is 17.4. The Kier molecular flexibility index (Phi) is 5.00. The summed E-state index contributed by atoms with van der Waals surface area (Å²) in [6.45, 7) is 2.91. The molecule has 0 bridgehead atoms. The van der Waals surface area contributed by atoms with Gasteiger partial charge in [-0.1, -0.05) is 6.07 Å². The molecule has 2 rings (SSSR count). The van der Waals surface area contributed by atoms with Gasteiger partial charge in [-0.05, 0) is 19.4 Å². The molecular weight excluding hydrogens is 322 g/mol. The van der Waals surface area contributed by atoms with Gasteiger partial charge in [0.2, 0.25) is 10.0 Å². The quantitative estimate of drug-likeness (QED) is 0.603. The Morgan fingerprint density at radius 2 is 1.91 bits per heavy atom. The molecule has 1 aliphatic rings. The van der Waals surface area contributed by atoms with Crippen LogP contribution in [-0.2, 0) is 10.0 Å². The van der Waals surface area contributed by atoms with E-state index >= 15 is 0 Å². The molecule has 0 aromatic heterocycles. The van der Waals surface area contributed by atoms with E-state index in [-0.39, 0.29) is 30.2 Å². The normalized spacial score (nSPS) is 16.9. The predicted octanol–water partition coefficient (Wildman–Crippen LogP) is 1.01. The number of hydrogen-bond acceptors (Lipinski definition) is 5. The van der Waals surface area contributed by atoms with Crippen molar-refractivity contribution >= 4 is 21.6 Å². The van der Waals surface area contributed by atoms with Crippen molar-refractivity contribution in [2.75, 3.05) is 32.4 Å². The highest BCUT2D eigenvalue weighted by Gasteiger charge is 2.25. The molecule has 1 fully saturated rings. The molecule has 0 aliphatic carbocycles. The van der Waals surface area contributed by atoms with Crippen LogP contribution in [0.3, 0.4) is 0 Å². The van der Waals surface area contributed by atoms with Crippen LogP contribution in [-0.4, -0.2) is 60.9 Å². The van der Waals surface area contributed by atoms with Gasteiger partial charge in [0, 0.05) is 43.4 Å². The molecule has 1 amide bonds. The zero-order valence-corrected chi connectivity index (χ0v) is 13.9. The molecule has 0 N–H and O–H groups in total. The third-order valence-corrected chi connectivity index (χ3v) is 5.17. The van der Waals surface area contributed by atoms with Crippen molar-refractivity contribution in [3.8, 4) is 0 Å². The first-order valence-electron chi connectivity index (χ1n) is 7.19. The Hall–Kier alpha value is -2.00. The highest BCUT2D eigenvalue weighted by atomic mass is 32.2. The van der Waals surface area contributed by atoms with Gasteiger partial charge in [-0.25, -0.2) is 12.7 Å². The van der Waals surface area contributed by atoms with Crippen molar-refractivity contribution in [1.82, 2.24) is 9.21 Å². The second kappa shape index (κ2) is 6.63.